The van der Waals surface area contributed by atoms with Gasteiger partial charge in [-0.3, -0.25) is 4.79 Å². The van der Waals surface area contributed by atoms with Crippen molar-refractivity contribution in [1.29, 1.82) is 0 Å². The Labute approximate surface area is 110 Å². The van der Waals surface area contributed by atoms with E-state index in [0.717, 1.165) is 25.7 Å². The average molecular weight is 257 g/mol. The molecule has 0 aromatic rings. The average Bonchev–Trinajstić information content (AvgIpc) is 2.27. The van der Waals surface area contributed by atoms with Crippen LogP contribution in [0.1, 0.15) is 53.4 Å². The van der Waals surface area contributed by atoms with Crippen molar-refractivity contribution in [2.45, 2.75) is 65.0 Å². The molecule has 2 unspecified atom stereocenters. The molecule has 0 aromatic heterocycles. The number of carbonyl (C=O) groups excluding carboxylic acids is 1. The van der Waals surface area contributed by atoms with Crippen LogP contribution in [0.5, 0.6) is 0 Å². The van der Waals surface area contributed by atoms with Crippen LogP contribution in [0.15, 0.2) is 0 Å². The standard InChI is InChI=1S/C14H27NO3/c1-13(2,3)18-10-9-17-12(16)14(4)8-6-5-7-11(14)15/h11H,5-10,15H2,1-4H3. The Hall–Kier alpha value is -0.610. The summed E-state index contributed by atoms with van der Waals surface area (Å²) in [5, 5.41) is 0. The lowest BCUT2D eigenvalue weighted by Crippen LogP contribution is -2.48. The van der Waals surface area contributed by atoms with Crippen LogP contribution in [-0.4, -0.2) is 30.8 Å². The lowest BCUT2D eigenvalue weighted by molar-refractivity contribution is -0.161. The summed E-state index contributed by atoms with van der Waals surface area (Å²) in [6.07, 6.45) is 3.90. The number of ether oxygens (including phenoxy) is 2. The molecular weight excluding hydrogens is 230 g/mol. The maximum absolute atomic E-state index is 12.1. The molecule has 18 heavy (non-hydrogen) atoms. The smallest absolute Gasteiger partial charge is 0.313 e. The van der Waals surface area contributed by atoms with E-state index < -0.39 is 5.41 Å². The van der Waals surface area contributed by atoms with E-state index in [0.29, 0.717) is 13.2 Å². The molecule has 2 atom stereocenters. The molecule has 0 saturated heterocycles. The van der Waals surface area contributed by atoms with Crippen LogP contribution in [0.25, 0.3) is 0 Å². The molecule has 0 aromatic carbocycles. The molecule has 4 nitrogen and oxygen atoms in total. The van der Waals surface area contributed by atoms with Gasteiger partial charge in [0.2, 0.25) is 0 Å². The highest BCUT2D eigenvalue weighted by molar-refractivity contribution is 5.77. The summed E-state index contributed by atoms with van der Waals surface area (Å²) in [5.41, 5.74) is 5.34. The van der Waals surface area contributed by atoms with Crippen LogP contribution in [0.4, 0.5) is 0 Å². The Morgan fingerprint density at radius 2 is 2.00 bits per heavy atom. The van der Waals surface area contributed by atoms with Gasteiger partial charge >= 0.3 is 5.97 Å². The number of hydrogen-bond acceptors (Lipinski definition) is 4. The van der Waals surface area contributed by atoms with Crippen LogP contribution in [0.2, 0.25) is 0 Å². The van der Waals surface area contributed by atoms with Crippen LogP contribution in [0, 0.1) is 5.41 Å². The predicted octanol–water partition coefficient (Wildman–Crippen LogP) is 2.25. The van der Waals surface area contributed by atoms with E-state index in [9.17, 15) is 4.79 Å². The Morgan fingerprint density at radius 1 is 1.33 bits per heavy atom. The first-order valence-electron chi connectivity index (χ1n) is 6.82. The highest BCUT2D eigenvalue weighted by Gasteiger charge is 2.42. The van der Waals surface area contributed by atoms with Crippen molar-refractivity contribution < 1.29 is 14.3 Å². The van der Waals surface area contributed by atoms with Gasteiger partial charge in [0.05, 0.1) is 17.6 Å². The minimum atomic E-state index is -0.514. The molecule has 0 spiro atoms. The van der Waals surface area contributed by atoms with E-state index in [1.165, 1.54) is 0 Å². The molecule has 1 saturated carbocycles. The predicted molar refractivity (Wildman–Crippen MR) is 71.2 cm³/mol. The molecule has 1 fully saturated rings. The number of carbonyl (C=O) groups is 1. The van der Waals surface area contributed by atoms with Gasteiger partial charge in [-0.25, -0.2) is 0 Å². The monoisotopic (exact) mass is 257 g/mol. The number of esters is 1. The summed E-state index contributed by atoms with van der Waals surface area (Å²) in [6, 6.07) is -0.0812. The van der Waals surface area contributed by atoms with Crippen molar-refractivity contribution in [3.05, 3.63) is 0 Å². The van der Waals surface area contributed by atoms with Gasteiger partial charge in [0, 0.05) is 6.04 Å². The highest BCUT2D eigenvalue weighted by atomic mass is 16.6. The molecule has 2 N–H and O–H groups in total. The van der Waals surface area contributed by atoms with E-state index in [4.69, 9.17) is 15.2 Å². The summed E-state index contributed by atoms with van der Waals surface area (Å²) in [5.74, 6) is -0.174. The van der Waals surface area contributed by atoms with E-state index in [-0.39, 0.29) is 17.6 Å². The van der Waals surface area contributed by atoms with Gasteiger partial charge in [0.25, 0.3) is 0 Å². The molecule has 1 rings (SSSR count). The van der Waals surface area contributed by atoms with Crippen LogP contribution in [-0.2, 0) is 14.3 Å². The molecule has 106 valence electrons. The molecule has 0 heterocycles. The largest absolute Gasteiger partial charge is 0.463 e. The maximum atomic E-state index is 12.1. The van der Waals surface area contributed by atoms with E-state index in [2.05, 4.69) is 0 Å². The zero-order chi connectivity index (χ0) is 13.8. The molecule has 1 aliphatic rings. The van der Waals surface area contributed by atoms with Gasteiger partial charge in [-0.1, -0.05) is 12.8 Å². The fourth-order valence-electron chi connectivity index (χ4n) is 2.26. The summed E-state index contributed by atoms with van der Waals surface area (Å²) < 4.78 is 10.8. The van der Waals surface area contributed by atoms with Crippen LogP contribution >= 0.6 is 0 Å². The first-order chi connectivity index (χ1) is 8.26. The molecule has 0 radical (unpaired) electrons. The molecule has 0 bridgehead atoms. The van der Waals surface area contributed by atoms with Crippen LogP contribution < -0.4 is 5.73 Å². The van der Waals surface area contributed by atoms with E-state index in [1.807, 2.05) is 27.7 Å². The van der Waals surface area contributed by atoms with E-state index in [1.54, 1.807) is 0 Å². The lowest BCUT2D eigenvalue weighted by atomic mass is 9.72. The lowest BCUT2D eigenvalue weighted by Gasteiger charge is -2.36. The van der Waals surface area contributed by atoms with E-state index >= 15 is 0 Å². The second kappa shape index (κ2) is 6.02. The first-order valence-corrected chi connectivity index (χ1v) is 6.82. The number of rotatable bonds is 4. The Kier molecular flexibility index (Phi) is 5.17. The third kappa shape index (κ3) is 4.25. The number of nitrogens with two attached hydrogens (primary N) is 1. The summed E-state index contributed by atoms with van der Waals surface area (Å²) >= 11 is 0. The zero-order valence-corrected chi connectivity index (χ0v) is 12.1. The number of hydrogen-bond donors (Lipinski definition) is 1. The van der Waals surface area contributed by atoms with Crippen molar-refractivity contribution in [3.8, 4) is 0 Å². The van der Waals surface area contributed by atoms with Crippen molar-refractivity contribution >= 4 is 5.97 Å². The van der Waals surface area contributed by atoms with Crippen molar-refractivity contribution in [3.63, 3.8) is 0 Å². The molecule has 4 heteroatoms. The van der Waals surface area contributed by atoms with Gasteiger partial charge in [-0.15, -0.1) is 0 Å². The Balaban J connectivity index is 2.36. The normalized spacial score (nSPS) is 29.1. The second-order valence-electron chi connectivity index (χ2n) is 6.37. The third-order valence-electron chi connectivity index (χ3n) is 3.60. The molecule has 0 amide bonds. The fraction of sp³-hybridized carbons (Fsp3) is 0.929. The molecule has 1 aliphatic carbocycles. The maximum Gasteiger partial charge on any atom is 0.313 e. The van der Waals surface area contributed by atoms with Gasteiger partial charge in [0.1, 0.15) is 6.61 Å². The van der Waals surface area contributed by atoms with Gasteiger partial charge < -0.3 is 15.2 Å². The van der Waals surface area contributed by atoms with Crippen molar-refractivity contribution in [1.82, 2.24) is 0 Å². The van der Waals surface area contributed by atoms with Crippen molar-refractivity contribution in [2.75, 3.05) is 13.2 Å². The van der Waals surface area contributed by atoms with Gasteiger partial charge in [-0.05, 0) is 40.5 Å². The summed E-state index contributed by atoms with van der Waals surface area (Å²) in [7, 11) is 0. The summed E-state index contributed by atoms with van der Waals surface area (Å²) in [4.78, 5) is 12.1. The van der Waals surface area contributed by atoms with Gasteiger partial charge in [-0.2, -0.15) is 0 Å². The minimum Gasteiger partial charge on any atom is -0.463 e. The minimum absolute atomic E-state index is 0.0812. The Morgan fingerprint density at radius 3 is 2.56 bits per heavy atom. The van der Waals surface area contributed by atoms with Crippen molar-refractivity contribution in [2.24, 2.45) is 11.1 Å². The SMILES string of the molecule is CC(C)(C)OCCOC(=O)C1(C)CCCCC1N. The quantitative estimate of drug-likeness (QED) is 0.620. The topological polar surface area (TPSA) is 61.5 Å². The second-order valence-corrected chi connectivity index (χ2v) is 6.37. The fourth-order valence-corrected chi connectivity index (χ4v) is 2.26. The molecule has 0 aliphatic heterocycles. The summed E-state index contributed by atoms with van der Waals surface area (Å²) in [6.45, 7) is 8.59. The van der Waals surface area contributed by atoms with Gasteiger partial charge in [0.15, 0.2) is 0 Å². The highest BCUT2D eigenvalue weighted by Crippen LogP contribution is 2.36. The van der Waals surface area contributed by atoms with Crippen LogP contribution in [0.3, 0.4) is 0 Å². The molecular formula is C14H27NO3. The zero-order valence-electron chi connectivity index (χ0n) is 12.1. The first kappa shape index (κ1) is 15.4. The Bertz CT molecular complexity index is 285. The third-order valence-corrected chi connectivity index (χ3v) is 3.60.